The molecule has 0 amide bonds. The molecule has 2 rings (SSSR count). The Morgan fingerprint density at radius 1 is 1.40 bits per heavy atom. The second-order valence-electron chi connectivity index (χ2n) is 5.27. The number of non-ortho nitro benzene ring substituents is 1. The number of carbonyl (C=O) groups excluding carboxylic acids is 1. The Hall–Kier alpha value is -2.87. The molecule has 2 N–H and O–H groups in total. The maximum absolute atomic E-state index is 12.3. The summed E-state index contributed by atoms with van der Waals surface area (Å²) in [5.41, 5.74) is 0.584. The molecular weight excluding hydrogens is 352 g/mol. The van der Waals surface area contributed by atoms with Gasteiger partial charge in [-0.25, -0.2) is 9.59 Å². The van der Waals surface area contributed by atoms with Crippen molar-refractivity contribution in [2.24, 2.45) is 0 Å². The summed E-state index contributed by atoms with van der Waals surface area (Å²) >= 11 is 5.90. The van der Waals surface area contributed by atoms with Crippen LogP contribution in [0.4, 0.5) is 5.69 Å². The molecule has 0 aromatic heterocycles. The quantitative estimate of drug-likeness (QED) is 0.355. The van der Waals surface area contributed by atoms with E-state index in [-0.39, 0.29) is 28.3 Å². The van der Waals surface area contributed by atoms with Gasteiger partial charge in [-0.1, -0.05) is 12.1 Å². The van der Waals surface area contributed by atoms with Crippen molar-refractivity contribution < 1.29 is 24.4 Å². The fourth-order valence-electron chi connectivity index (χ4n) is 2.79. The number of nitrogens with one attached hydrogen (secondary N) is 1. The first-order valence-electron chi connectivity index (χ1n) is 7.14. The lowest BCUT2D eigenvalue weighted by Crippen LogP contribution is -2.33. The van der Waals surface area contributed by atoms with Gasteiger partial charge in [0.05, 0.1) is 35.0 Å². The van der Waals surface area contributed by atoms with Gasteiger partial charge in [-0.3, -0.25) is 10.1 Å². The van der Waals surface area contributed by atoms with Crippen molar-refractivity contribution in [2.45, 2.75) is 12.8 Å². The van der Waals surface area contributed by atoms with Crippen molar-refractivity contribution in [1.29, 1.82) is 0 Å². The molecule has 8 nitrogen and oxygen atoms in total. The standard InChI is InChI=1S/C16H15ClN2O6/c1-8-12(15(20)21)13(9-4-3-5-10(6-9)19(23)24)14(16(22)25-2)11(7-17)18-8/h3-6,13,18H,7H2,1-2H3,(H,20,21). The van der Waals surface area contributed by atoms with Crippen molar-refractivity contribution >= 4 is 29.2 Å². The van der Waals surface area contributed by atoms with Gasteiger partial charge in [0.15, 0.2) is 0 Å². The summed E-state index contributed by atoms with van der Waals surface area (Å²) in [7, 11) is 1.16. The smallest absolute Gasteiger partial charge is 0.336 e. The summed E-state index contributed by atoms with van der Waals surface area (Å²) < 4.78 is 4.77. The van der Waals surface area contributed by atoms with Crippen LogP contribution in [0.1, 0.15) is 18.4 Å². The van der Waals surface area contributed by atoms with Crippen LogP contribution < -0.4 is 5.32 Å². The molecule has 0 saturated carbocycles. The van der Waals surface area contributed by atoms with Crippen LogP contribution in [0.15, 0.2) is 46.8 Å². The van der Waals surface area contributed by atoms with Crippen LogP contribution in [0.3, 0.4) is 0 Å². The number of dihydropyridines is 1. The second-order valence-corrected chi connectivity index (χ2v) is 5.54. The Bertz CT molecular complexity index is 815. The van der Waals surface area contributed by atoms with E-state index in [4.69, 9.17) is 16.3 Å². The summed E-state index contributed by atoms with van der Waals surface area (Å²) in [4.78, 5) is 34.5. The van der Waals surface area contributed by atoms with Gasteiger partial charge in [0.1, 0.15) is 0 Å². The monoisotopic (exact) mass is 366 g/mol. The first-order chi connectivity index (χ1) is 11.8. The number of allylic oxidation sites excluding steroid dienone is 2. The number of nitrogens with zero attached hydrogens (tertiary/aromatic N) is 1. The van der Waals surface area contributed by atoms with Crippen LogP contribution in [0.25, 0.3) is 0 Å². The number of nitro groups is 1. The molecular formula is C16H15ClN2O6. The number of aliphatic carboxylic acids is 1. The number of carboxylic acid groups (broad SMARTS) is 1. The van der Waals surface area contributed by atoms with Crippen molar-refractivity contribution in [2.75, 3.05) is 13.0 Å². The lowest BCUT2D eigenvalue weighted by atomic mass is 9.80. The van der Waals surface area contributed by atoms with Gasteiger partial charge in [0.25, 0.3) is 5.69 Å². The number of benzene rings is 1. The fourth-order valence-corrected chi connectivity index (χ4v) is 3.00. The molecule has 132 valence electrons. The van der Waals surface area contributed by atoms with E-state index in [0.29, 0.717) is 11.4 Å². The topological polar surface area (TPSA) is 119 Å². The van der Waals surface area contributed by atoms with E-state index in [1.807, 2.05) is 0 Å². The van der Waals surface area contributed by atoms with E-state index in [1.165, 1.54) is 31.2 Å². The molecule has 1 heterocycles. The molecule has 0 fully saturated rings. The van der Waals surface area contributed by atoms with Gasteiger partial charge < -0.3 is 15.2 Å². The number of rotatable bonds is 5. The molecule has 9 heteroatoms. The summed E-state index contributed by atoms with van der Waals surface area (Å²) in [6.45, 7) is 1.54. The molecule has 0 spiro atoms. The van der Waals surface area contributed by atoms with Crippen LogP contribution >= 0.6 is 11.6 Å². The summed E-state index contributed by atoms with van der Waals surface area (Å²) in [6.07, 6.45) is 0. The predicted octanol–water partition coefficient (Wildman–Crippen LogP) is 2.31. The van der Waals surface area contributed by atoms with Gasteiger partial charge in [-0.2, -0.15) is 0 Å². The number of nitro benzene ring substituents is 1. The van der Waals surface area contributed by atoms with Gasteiger partial charge in [0.2, 0.25) is 0 Å². The number of ether oxygens (including phenoxy) is 1. The number of carbonyl (C=O) groups is 2. The maximum Gasteiger partial charge on any atom is 0.336 e. The second kappa shape index (κ2) is 7.35. The molecule has 1 aromatic rings. The lowest BCUT2D eigenvalue weighted by Gasteiger charge is -2.29. The highest BCUT2D eigenvalue weighted by molar-refractivity contribution is 6.20. The minimum atomic E-state index is -1.25. The number of alkyl halides is 1. The molecule has 0 aliphatic carbocycles. The summed E-state index contributed by atoms with van der Waals surface area (Å²) in [5.74, 6) is -3.14. The minimum absolute atomic E-state index is 0.0148. The van der Waals surface area contributed by atoms with E-state index in [1.54, 1.807) is 0 Å². The van der Waals surface area contributed by atoms with Crippen molar-refractivity contribution in [3.8, 4) is 0 Å². The van der Waals surface area contributed by atoms with Gasteiger partial charge in [-0.15, -0.1) is 11.6 Å². The van der Waals surface area contributed by atoms with Crippen LogP contribution in [0, 0.1) is 10.1 Å². The Morgan fingerprint density at radius 3 is 2.60 bits per heavy atom. The Kier molecular flexibility index (Phi) is 5.43. The molecule has 1 aromatic carbocycles. The number of hydrogen-bond acceptors (Lipinski definition) is 6. The number of esters is 1. The number of methoxy groups -OCH3 is 1. The fraction of sp³-hybridized carbons (Fsp3) is 0.250. The molecule has 0 radical (unpaired) electrons. The molecule has 0 bridgehead atoms. The number of halogens is 1. The predicted molar refractivity (Wildman–Crippen MR) is 89.1 cm³/mol. The van der Waals surface area contributed by atoms with Gasteiger partial charge in [-0.05, 0) is 12.5 Å². The summed E-state index contributed by atoms with van der Waals surface area (Å²) in [6, 6.07) is 5.47. The van der Waals surface area contributed by atoms with Gasteiger partial charge >= 0.3 is 11.9 Å². The summed E-state index contributed by atoms with van der Waals surface area (Å²) in [5, 5.41) is 23.5. The Labute approximate surface area is 147 Å². The Morgan fingerprint density at radius 2 is 2.08 bits per heavy atom. The van der Waals surface area contributed by atoms with Crippen molar-refractivity contribution in [3.63, 3.8) is 0 Å². The third-order valence-corrected chi connectivity index (χ3v) is 4.10. The number of hydrogen-bond donors (Lipinski definition) is 2. The van der Waals surface area contributed by atoms with Crippen LogP contribution in [-0.2, 0) is 14.3 Å². The third-order valence-electron chi connectivity index (χ3n) is 3.83. The van der Waals surface area contributed by atoms with E-state index < -0.39 is 22.8 Å². The van der Waals surface area contributed by atoms with Crippen LogP contribution in [0.5, 0.6) is 0 Å². The lowest BCUT2D eigenvalue weighted by molar-refractivity contribution is -0.384. The molecule has 1 aliphatic rings. The van der Waals surface area contributed by atoms with Crippen LogP contribution in [0.2, 0.25) is 0 Å². The number of carboxylic acids is 1. The van der Waals surface area contributed by atoms with Gasteiger partial charge in [0, 0.05) is 23.5 Å². The average molecular weight is 367 g/mol. The van der Waals surface area contributed by atoms with Crippen molar-refractivity contribution in [3.05, 3.63) is 62.5 Å². The zero-order valence-electron chi connectivity index (χ0n) is 13.4. The normalized spacial score (nSPS) is 17.2. The molecule has 1 unspecified atom stereocenters. The molecule has 1 aliphatic heterocycles. The highest BCUT2D eigenvalue weighted by atomic mass is 35.5. The third kappa shape index (κ3) is 3.48. The largest absolute Gasteiger partial charge is 0.478 e. The van der Waals surface area contributed by atoms with E-state index in [2.05, 4.69) is 5.32 Å². The SMILES string of the molecule is COC(=O)C1=C(CCl)NC(C)=C(C(=O)O)C1c1cccc([N+](=O)[O-])c1. The van der Waals surface area contributed by atoms with E-state index in [9.17, 15) is 24.8 Å². The molecule has 25 heavy (non-hydrogen) atoms. The van der Waals surface area contributed by atoms with Crippen LogP contribution in [-0.4, -0.2) is 35.0 Å². The highest BCUT2D eigenvalue weighted by Crippen LogP contribution is 2.39. The van der Waals surface area contributed by atoms with E-state index >= 15 is 0 Å². The first kappa shape index (κ1) is 18.5. The zero-order valence-corrected chi connectivity index (χ0v) is 14.2. The van der Waals surface area contributed by atoms with Crippen molar-refractivity contribution in [1.82, 2.24) is 5.32 Å². The minimum Gasteiger partial charge on any atom is -0.478 e. The zero-order chi connectivity index (χ0) is 18.7. The molecule has 0 saturated heterocycles. The first-order valence-corrected chi connectivity index (χ1v) is 7.68. The molecule has 1 atom stereocenters. The average Bonchev–Trinajstić information content (AvgIpc) is 2.59. The van der Waals surface area contributed by atoms with E-state index in [0.717, 1.165) is 7.11 Å². The Balaban J connectivity index is 2.75. The maximum atomic E-state index is 12.3. The highest BCUT2D eigenvalue weighted by Gasteiger charge is 2.38.